The second-order valence-electron chi connectivity index (χ2n) is 5.70. The maximum Gasteiger partial charge on any atom is 0.411 e. The Labute approximate surface area is 117 Å². The van der Waals surface area contributed by atoms with E-state index in [1.54, 1.807) is 20.8 Å². The van der Waals surface area contributed by atoms with Crippen LogP contribution in [-0.2, 0) is 15.1 Å². The predicted molar refractivity (Wildman–Crippen MR) is 71.6 cm³/mol. The summed E-state index contributed by atoms with van der Waals surface area (Å²) in [4.78, 5) is 28.3. The number of amides is 1. The van der Waals surface area contributed by atoms with Crippen molar-refractivity contribution in [2.75, 3.05) is 7.05 Å². The highest BCUT2D eigenvalue weighted by Gasteiger charge is 2.37. The molecular formula is C14H19FN2O3. The van der Waals surface area contributed by atoms with Crippen LogP contribution in [0.5, 0.6) is 0 Å². The lowest BCUT2D eigenvalue weighted by Crippen LogP contribution is -2.48. The minimum atomic E-state index is -1.35. The first-order chi connectivity index (χ1) is 9.10. The lowest BCUT2D eigenvalue weighted by molar-refractivity contribution is -0.117. The molecule has 0 N–H and O–H groups in total. The van der Waals surface area contributed by atoms with Gasteiger partial charge in [0.15, 0.2) is 0 Å². The minimum absolute atomic E-state index is 0.279. The molecule has 0 aromatic carbocycles. The summed E-state index contributed by atoms with van der Waals surface area (Å²) >= 11 is 0. The Morgan fingerprint density at radius 2 is 1.95 bits per heavy atom. The molecule has 1 heterocycles. The predicted octanol–water partition coefficient (Wildman–Crippen LogP) is 2.50. The molecule has 0 aliphatic heterocycles. The quantitative estimate of drug-likeness (QED) is 0.799. The molecule has 6 heteroatoms. The van der Waals surface area contributed by atoms with E-state index < -0.39 is 23.1 Å². The van der Waals surface area contributed by atoms with Crippen molar-refractivity contribution in [1.82, 2.24) is 9.88 Å². The van der Waals surface area contributed by atoms with Crippen LogP contribution in [-0.4, -0.2) is 34.9 Å². The molecule has 0 aliphatic carbocycles. The molecule has 0 saturated heterocycles. The van der Waals surface area contributed by atoms with Crippen LogP contribution in [0.4, 0.5) is 9.18 Å². The average molecular weight is 282 g/mol. The van der Waals surface area contributed by atoms with E-state index in [-0.39, 0.29) is 5.56 Å². The number of pyridine rings is 1. The van der Waals surface area contributed by atoms with Crippen molar-refractivity contribution in [3.63, 3.8) is 0 Å². The lowest BCUT2D eigenvalue weighted by Gasteiger charge is -2.35. The van der Waals surface area contributed by atoms with Gasteiger partial charge in [0, 0.05) is 18.8 Å². The topological polar surface area (TPSA) is 59.5 Å². The van der Waals surface area contributed by atoms with Gasteiger partial charge in [0.1, 0.15) is 23.2 Å². The fourth-order valence-electron chi connectivity index (χ4n) is 1.55. The van der Waals surface area contributed by atoms with Gasteiger partial charge in [-0.25, -0.2) is 9.18 Å². The second-order valence-corrected chi connectivity index (χ2v) is 5.70. The number of carbonyl (C=O) groups is 2. The van der Waals surface area contributed by atoms with Crippen molar-refractivity contribution in [3.8, 4) is 0 Å². The minimum Gasteiger partial charge on any atom is -0.444 e. The van der Waals surface area contributed by atoms with Crippen LogP contribution in [0.15, 0.2) is 18.5 Å². The van der Waals surface area contributed by atoms with Crippen molar-refractivity contribution in [1.29, 1.82) is 0 Å². The number of aldehydes is 1. The summed E-state index contributed by atoms with van der Waals surface area (Å²) in [6.07, 6.45) is 2.27. The van der Waals surface area contributed by atoms with E-state index in [4.69, 9.17) is 4.74 Å². The summed E-state index contributed by atoms with van der Waals surface area (Å²) in [5.74, 6) is -0.576. The van der Waals surface area contributed by atoms with Crippen molar-refractivity contribution >= 4 is 12.4 Å². The fraction of sp³-hybridized carbons (Fsp3) is 0.500. The number of hydrogen-bond donors (Lipinski definition) is 0. The van der Waals surface area contributed by atoms with Crippen LogP contribution >= 0.6 is 0 Å². The normalized spacial score (nSPS) is 14.3. The number of halogens is 1. The van der Waals surface area contributed by atoms with E-state index in [0.717, 1.165) is 11.1 Å². The first-order valence-corrected chi connectivity index (χ1v) is 6.14. The molecule has 0 bridgehead atoms. The second kappa shape index (κ2) is 5.56. The number of rotatable bonds is 3. The van der Waals surface area contributed by atoms with E-state index in [1.165, 1.54) is 26.2 Å². The Kier molecular flexibility index (Phi) is 4.47. The molecule has 0 spiro atoms. The summed E-state index contributed by atoms with van der Waals surface area (Å²) in [5, 5.41) is 0. The van der Waals surface area contributed by atoms with Crippen LogP contribution in [0.3, 0.4) is 0 Å². The van der Waals surface area contributed by atoms with Crippen LogP contribution in [0, 0.1) is 5.82 Å². The number of carbonyl (C=O) groups excluding carboxylic acids is 2. The Bertz CT molecular complexity index is 513. The molecule has 1 amide bonds. The van der Waals surface area contributed by atoms with E-state index in [0.29, 0.717) is 6.29 Å². The molecule has 1 atom stereocenters. The first kappa shape index (κ1) is 16.1. The molecule has 1 aromatic heterocycles. The maximum absolute atomic E-state index is 13.3. The standard InChI is InChI=1S/C14H19FN2O3/c1-13(2,3)20-12(19)17(5)14(4,9-18)10-6-11(15)8-16-7-10/h6-9H,1-5H3. The molecule has 1 aromatic rings. The number of ether oxygens (including phenoxy) is 1. The van der Waals surface area contributed by atoms with Crippen molar-refractivity contribution in [2.24, 2.45) is 0 Å². The van der Waals surface area contributed by atoms with Gasteiger partial charge >= 0.3 is 6.09 Å². The number of nitrogens with zero attached hydrogens (tertiary/aromatic N) is 2. The zero-order valence-corrected chi connectivity index (χ0v) is 12.3. The smallest absolute Gasteiger partial charge is 0.411 e. The molecule has 0 saturated carbocycles. The molecule has 0 radical (unpaired) electrons. The highest BCUT2D eigenvalue weighted by Crippen LogP contribution is 2.26. The van der Waals surface area contributed by atoms with E-state index in [2.05, 4.69) is 4.98 Å². The Hall–Kier alpha value is -1.98. The van der Waals surface area contributed by atoms with Crippen LogP contribution < -0.4 is 0 Å². The summed E-state index contributed by atoms with van der Waals surface area (Å²) < 4.78 is 18.5. The molecule has 1 unspecified atom stereocenters. The number of likely N-dealkylation sites (N-methyl/N-ethyl adjacent to an activating group) is 1. The molecule has 20 heavy (non-hydrogen) atoms. The molecule has 5 nitrogen and oxygen atoms in total. The first-order valence-electron chi connectivity index (χ1n) is 6.14. The van der Waals surface area contributed by atoms with Crippen LogP contribution in [0.2, 0.25) is 0 Å². The van der Waals surface area contributed by atoms with Crippen molar-refractivity contribution < 1.29 is 18.7 Å². The highest BCUT2D eigenvalue weighted by atomic mass is 19.1. The molecule has 110 valence electrons. The largest absolute Gasteiger partial charge is 0.444 e. The van der Waals surface area contributed by atoms with Gasteiger partial charge in [-0.1, -0.05) is 0 Å². The third kappa shape index (κ3) is 3.53. The zero-order valence-electron chi connectivity index (χ0n) is 12.3. The Morgan fingerprint density at radius 3 is 2.40 bits per heavy atom. The van der Waals surface area contributed by atoms with E-state index >= 15 is 0 Å². The lowest BCUT2D eigenvalue weighted by atomic mass is 9.94. The Morgan fingerprint density at radius 1 is 1.35 bits per heavy atom. The van der Waals surface area contributed by atoms with Crippen molar-refractivity contribution in [3.05, 3.63) is 29.8 Å². The SMILES string of the molecule is CN(C(=O)OC(C)(C)C)C(C)(C=O)c1cncc(F)c1. The zero-order chi connectivity index (χ0) is 15.6. The summed E-state index contributed by atoms with van der Waals surface area (Å²) in [5.41, 5.74) is -1.76. The van der Waals surface area contributed by atoms with Gasteiger partial charge in [-0.2, -0.15) is 0 Å². The van der Waals surface area contributed by atoms with Gasteiger partial charge in [-0.3, -0.25) is 9.88 Å². The summed E-state index contributed by atoms with van der Waals surface area (Å²) in [6, 6.07) is 1.17. The maximum atomic E-state index is 13.3. The Balaban J connectivity index is 3.10. The van der Waals surface area contributed by atoms with Crippen molar-refractivity contribution in [2.45, 2.75) is 38.8 Å². The fourth-order valence-corrected chi connectivity index (χ4v) is 1.55. The number of hydrogen-bond acceptors (Lipinski definition) is 4. The summed E-state index contributed by atoms with van der Waals surface area (Å²) in [7, 11) is 1.42. The third-order valence-corrected chi connectivity index (χ3v) is 2.88. The van der Waals surface area contributed by atoms with Gasteiger partial charge < -0.3 is 9.53 Å². The number of aromatic nitrogens is 1. The highest BCUT2D eigenvalue weighted by molar-refractivity contribution is 5.77. The van der Waals surface area contributed by atoms with Gasteiger partial charge in [0.25, 0.3) is 0 Å². The van der Waals surface area contributed by atoms with Gasteiger partial charge in [0.05, 0.1) is 6.20 Å². The van der Waals surface area contributed by atoms with Gasteiger partial charge in [-0.05, 0) is 33.8 Å². The summed E-state index contributed by atoms with van der Waals surface area (Å²) in [6.45, 7) is 6.67. The van der Waals surface area contributed by atoms with E-state index in [9.17, 15) is 14.0 Å². The monoisotopic (exact) mass is 282 g/mol. The molecule has 0 aliphatic rings. The molecular weight excluding hydrogens is 263 g/mol. The molecule has 1 rings (SSSR count). The van der Waals surface area contributed by atoms with Crippen LogP contribution in [0.1, 0.15) is 33.3 Å². The van der Waals surface area contributed by atoms with Gasteiger partial charge in [-0.15, -0.1) is 0 Å². The van der Waals surface area contributed by atoms with Crippen LogP contribution in [0.25, 0.3) is 0 Å². The van der Waals surface area contributed by atoms with Gasteiger partial charge in [0.2, 0.25) is 0 Å². The third-order valence-electron chi connectivity index (χ3n) is 2.88. The van der Waals surface area contributed by atoms with E-state index in [1.807, 2.05) is 0 Å². The molecule has 0 fully saturated rings. The average Bonchev–Trinajstić information content (AvgIpc) is 2.34.